The Morgan fingerprint density at radius 1 is 1.39 bits per heavy atom. The predicted octanol–water partition coefficient (Wildman–Crippen LogP) is 2.17. The molecule has 0 aromatic heterocycles. The molecule has 1 heterocycles. The molecule has 4 heteroatoms. The Labute approximate surface area is 107 Å². The van der Waals surface area contributed by atoms with Gasteiger partial charge in [0, 0.05) is 20.1 Å². The first-order valence-electron chi connectivity index (χ1n) is 6.39. The quantitative estimate of drug-likeness (QED) is 0.748. The number of anilines is 1. The van der Waals surface area contributed by atoms with E-state index in [0.29, 0.717) is 12.0 Å². The van der Waals surface area contributed by atoms with Gasteiger partial charge in [0.2, 0.25) is 0 Å². The topological polar surface area (TPSA) is 23.6 Å². The number of hydrogen-bond acceptors (Lipinski definition) is 3. The molecule has 0 unspecified atom stereocenters. The average molecular weight is 250 g/mol. The van der Waals surface area contributed by atoms with Crippen LogP contribution in [0.25, 0.3) is 0 Å². The highest BCUT2D eigenvalue weighted by Crippen LogP contribution is 2.20. The molecule has 1 aromatic rings. The summed E-state index contributed by atoms with van der Waals surface area (Å²) in [5.74, 6) is -0.449. The van der Waals surface area contributed by atoms with E-state index >= 15 is 0 Å². The van der Waals surface area contributed by atoms with E-state index in [1.807, 2.05) is 11.9 Å². The number of carbonyl (C=O) groups excluding carboxylic acids is 1. The third-order valence-corrected chi connectivity index (χ3v) is 3.51. The van der Waals surface area contributed by atoms with Crippen LogP contribution in [-0.4, -0.2) is 44.4 Å². The molecule has 2 rings (SSSR count). The van der Waals surface area contributed by atoms with E-state index in [-0.39, 0.29) is 5.56 Å². The monoisotopic (exact) mass is 250 g/mol. The van der Waals surface area contributed by atoms with Gasteiger partial charge in [-0.2, -0.15) is 0 Å². The molecule has 1 saturated heterocycles. The highest BCUT2D eigenvalue weighted by atomic mass is 19.1. The summed E-state index contributed by atoms with van der Waals surface area (Å²) in [6, 6.07) is 4.75. The van der Waals surface area contributed by atoms with Crippen molar-refractivity contribution < 1.29 is 9.18 Å². The summed E-state index contributed by atoms with van der Waals surface area (Å²) in [5, 5.41) is 0. The Kier molecular flexibility index (Phi) is 4.31. The first kappa shape index (κ1) is 13.0. The first-order chi connectivity index (χ1) is 8.72. The zero-order chi connectivity index (χ0) is 13.0. The summed E-state index contributed by atoms with van der Waals surface area (Å²) >= 11 is 0. The summed E-state index contributed by atoms with van der Waals surface area (Å²) in [5.41, 5.74) is 0.825. The largest absolute Gasteiger partial charge is 0.373 e. The van der Waals surface area contributed by atoms with Gasteiger partial charge in [0.15, 0.2) is 6.29 Å². The van der Waals surface area contributed by atoms with Crippen LogP contribution >= 0.6 is 0 Å². The highest BCUT2D eigenvalue weighted by Gasteiger charge is 2.14. The molecule has 0 spiro atoms. The van der Waals surface area contributed by atoms with E-state index in [9.17, 15) is 9.18 Å². The number of likely N-dealkylation sites (tertiary alicyclic amines) is 1. The van der Waals surface area contributed by atoms with Gasteiger partial charge in [0.05, 0.1) is 11.3 Å². The maximum Gasteiger partial charge on any atom is 0.155 e. The van der Waals surface area contributed by atoms with Crippen molar-refractivity contribution in [1.29, 1.82) is 0 Å². The fraction of sp³-hybridized carbons (Fsp3) is 0.500. The van der Waals surface area contributed by atoms with Crippen molar-refractivity contribution >= 4 is 12.0 Å². The summed E-state index contributed by atoms with van der Waals surface area (Å²) < 4.78 is 13.5. The van der Waals surface area contributed by atoms with Crippen molar-refractivity contribution in [2.75, 3.05) is 38.1 Å². The third-order valence-electron chi connectivity index (χ3n) is 3.51. The summed E-state index contributed by atoms with van der Waals surface area (Å²) in [7, 11) is 1.90. The minimum atomic E-state index is -0.449. The lowest BCUT2D eigenvalue weighted by Gasteiger charge is -2.24. The number of benzene rings is 1. The Morgan fingerprint density at radius 3 is 2.78 bits per heavy atom. The molecule has 0 aliphatic carbocycles. The lowest BCUT2D eigenvalue weighted by molar-refractivity contribution is 0.112. The van der Waals surface area contributed by atoms with Crippen LogP contribution < -0.4 is 4.90 Å². The molecular formula is C14H19FN2O. The fourth-order valence-corrected chi connectivity index (χ4v) is 2.39. The van der Waals surface area contributed by atoms with Gasteiger partial charge in [-0.15, -0.1) is 0 Å². The molecule has 0 bridgehead atoms. The Morgan fingerprint density at radius 2 is 2.11 bits per heavy atom. The molecule has 0 saturated carbocycles. The standard InChI is InChI=1S/C14H19FN2O/c1-16(9-10-17-7-2-3-8-17)14-6-4-5-13(15)12(14)11-18/h4-6,11H,2-3,7-10H2,1H3. The maximum atomic E-state index is 13.5. The molecule has 98 valence electrons. The number of aldehydes is 1. The van der Waals surface area contributed by atoms with Gasteiger partial charge in [-0.25, -0.2) is 4.39 Å². The lowest BCUT2D eigenvalue weighted by Crippen LogP contribution is -2.31. The van der Waals surface area contributed by atoms with Crippen molar-refractivity contribution in [2.45, 2.75) is 12.8 Å². The summed E-state index contributed by atoms with van der Waals surface area (Å²) in [6.07, 6.45) is 3.13. The highest BCUT2D eigenvalue weighted by molar-refractivity contribution is 5.84. The van der Waals surface area contributed by atoms with Gasteiger partial charge >= 0.3 is 0 Å². The van der Waals surface area contributed by atoms with Crippen LogP contribution in [-0.2, 0) is 0 Å². The van der Waals surface area contributed by atoms with Gasteiger partial charge < -0.3 is 9.80 Å². The average Bonchev–Trinajstić information content (AvgIpc) is 2.88. The summed E-state index contributed by atoms with van der Waals surface area (Å²) in [4.78, 5) is 15.3. The third kappa shape index (κ3) is 2.88. The van der Waals surface area contributed by atoms with Gasteiger partial charge in [-0.1, -0.05) is 6.07 Å². The molecule has 1 aromatic carbocycles. The van der Waals surface area contributed by atoms with E-state index < -0.39 is 5.82 Å². The van der Waals surface area contributed by atoms with Crippen LogP contribution in [0, 0.1) is 5.82 Å². The molecule has 18 heavy (non-hydrogen) atoms. The van der Waals surface area contributed by atoms with Crippen molar-refractivity contribution in [2.24, 2.45) is 0 Å². The van der Waals surface area contributed by atoms with Gasteiger partial charge in [-0.05, 0) is 38.1 Å². The van der Waals surface area contributed by atoms with Crippen molar-refractivity contribution in [3.05, 3.63) is 29.6 Å². The minimum absolute atomic E-state index is 0.154. The molecule has 0 amide bonds. The number of halogens is 1. The van der Waals surface area contributed by atoms with Crippen LogP contribution in [0.3, 0.4) is 0 Å². The molecule has 0 atom stereocenters. The first-order valence-corrected chi connectivity index (χ1v) is 6.39. The molecule has 1 fully saturated rings. The van der Waals surface area contributed by atoms with E-state index in [1.54, 1.807) is 12.1 Å². The molecular weight excluding hydrogens is 231 g/mol. The second kappa shape index (κ2) is 5.96. The van der Waals surface area contributed by atoms with Crippen LogP contribution in [0.4, 0.5) is 10.1 Å². The smallest absolute Gasteiger partial charge is 0.155 e. The molecule has 0 N–H and O–H groups in total. The Balaban J connectivity index is 2.01. The predicted molar refractivity (Wildman–Crippen MR) is 70.7 cm³/mol. The van der Waals surface area contributed by atoms with Crippen LogP contribution in [0.1, 0.15) is 23.2 Å². The van der Waals surface area contributed by atoms with Crippen molar-refractivity contribution in [3.8, 4) is 0 Å². The zero-order valence-electron chi connectivity index (χ0n) is 10.7. The second-order valence-electron chi connectivity index (χ2n) is 4.76. The second-order valence-corrected chi connectivity index (χ2v) is 4.76. The lowest BCUT2D eigenvalue weighted by atomic mass is 10.1. The minimum Gasteiger partial charge on any atom is -0.373 e. The SMILES string of the molecule is CN(CCN1CCCC1)c1cccc(F)c1C=O. The normalized spacial score (nSPS) is 15.9. The Bertz CT molecular complexity index is 416. The van der Waals surface area contributed by atoms with Gasteiger partial charge in [0.25, 0.3) is 0 Å². The maximum absolute atomic E-state index is 13.5. The van der Waals surface area contributed by atoms with E-state index in [0.717, 1.165) is 26.2 Å². The number of carbonyl (C=O) groups is 1. The molecule has 0 radical (unpaired) electrons. The van der Waals surface area contributed by atoms with Crippen LogP contribution in [0.15, 0.2) is 18.2 Å². The van der Waals surface area contributed by atoms with Crippen molar-refractivity contribution in [3.63, 3.8) is 0 Å². The number of hydrogen-bond donors (Lipinski definition) is 0. The molecule has 1 aliphatic heterocycles. The fourth-order valence-electron chi connectivity index (χ4n) is 2.39. The number of nitrogens with zero attached hydrogens (tertiary/aromatic N) is 2. The van der Waals surface area contributed by atoms with Gasteiger partial charge in [0.1, 0.15) is 5.82 Å². The van der Waals surface area contributed by atoms with E-state index in [2.05, 4.69) is 4.90 Å². The number of rotatable bonds is 5. The van der Waals surface area contributed by atoms with Gasteiger partial charge in [-0.3, -0.25) is 4.79 Å². The molecule has 1 aliphatic rings. The zero-order valence-corrected chi connectivity index (χ0v) is 10.7. The van der Waals surface area contributed by atoms with Crippen molar-refractivity contribution in [1.82, 2.24) is 4.90 Å². The van der Waals surface area contributed by atoms with E-state index in [4.69, 9.17) is 0 Å². The Hall–Kier alpha value is -1.42. The summed E-state index contributed by atoms with van der Waals surface area (Å²) in [6.45, 7) is 4.07. The van der Waals surface area contributed by atoms with Crippen LogP contribution in [0.5, 0.6) is 0 Å². The van der Waals surface area contributed by atoms with Crippen LogP contribution in [0.2, 0.25) is 0 Å². The number of likely N-dealkylation sites (N-methyl/N-ethyl adjacent to an activating group) is 1. The van der Waals surface area contributed by atoms with E-state index in [1.165, 1.54) is 18.9 Å². The molecule has 3 nitrogen and oxygen atoms in total.